The maximum Gasteiger partial charge on any atom is 0.490 e. The van der Waals surface area contributed by atoms with E-state index in [1.807, 2.05) is 4.90 Å². The van der Waals surface area contributed by atoms with Gasteiger partial charge in [0.05, 0.1) is 24.5 Å². The van der Waals surface area contributed by atoms with Crippen LogP contribution in [0.4, 0.5) is 19.0 Å². The number of nitrogens with one attached hydrogen (secondary N) is 1. The molecule has 0 saturated carbocycles. The molecule has 33 heavy (non-hydrogen) atoms. The van der Waals surface area contributed by atoms with E-state index in [-0.39, 0.29) is 17.4 Å². The van der Waals surface area contributed by atoms with Gasteiger partial charge in [-0.15, -0.1) is 11.3 Å². The third kappa shape index (κ3) is 5.20. The number of aliphatic carboxylic acids is 1. The minimum Gasteiger partial charge on any atom is -0.475 e. The molecule has 5 rings (SSSR count). The monoisotopic (exact) mass is 487 g/mol. The first-order chi connectivity index (χ1) is 15.7. The fourth-order valence-corrected chi connectivity index (χ4v) is 5.04. The van der Waals surface area contributed by atoms with Gasteiger partial charge in [0, 0.05) is 32.7 Å². The number of piperidine rings is 1. The molecule has 5 heterocycles. The van der Waals surface area contributed by atoms with Gasteiger partial charge in [0.1, 0.15) is 22.6 Å². The van der Waals surface area contributed by atoms with Crippen LogP contribution in [0.3, 0.4) is 0 Å². The Morgan fingerprint density at radius 2 is 2.03 bits per heavy atom. The van der Waals surface area contributed by atoms with Crippen LogP contribution in [0.5, 0.6) is 0 Å². The highest BCUT2D eigenvalue weighted by Gasteiger charge is 2.44. The van der Waals surface area contributed by atoms with Crippen LogP contribution in [-0.4, -0.2) is 89.5 Å². The second kappa shape index (κ2) is 9.39. The molecule has 2 aromatic heterocycles. The maximum absolute atomic E-state index is 13.2. The number of thiophene rings is 1. The minimum absolute atomic E-state index is 0.0376. The highest BCUT2D eigenvalue weighted by Crippen LogP contribution is 2.31. The summed E-state index contributed by atoms with van der Waals surface area (Å²) in [6, 6.07) is 2.08. The van der Waals surface area contributed by atoms with Gasteiger partial charge in [0.15, 0.2) is 0 Å². The third-order valence-electron chi connectivity index (χ3n) is 6.01. The van der Waals surface area contributed by atoms with Crippen LogP contribution < -0.4 is 10.2 Å². The standard InChI is InChI=1S/C18H23N5O2S.C2HF3O2/c24-17(23-5-6-25-18(11-23)9-19-10-18)13-2-1-4-22(8-13)15-14-3-7-26-16(14)21-12-20-15;3-2(4,5)1(6)7/h3,7,12-13,19H,1-2,4-6,8-11H2;(H,6,7). The van der Waals surface area contributed by atoms with E-state index in [0.29, 0.717) is 13.2 Å². The van der Waals surface area contributed by atoms with E-state index in [2.05, 4.69) is 31.6 Å². The Balaban J connectivity index is 0.000000325. The molecule has 3 fully saturated rings. The van der Waals surface area contributed by atoms with Gasteiger partial charge in [0.25, 0.3) is 0 Å². The largest absolute Gasteiger partial charge is 0.490 e. The van der Waals surface area contributed by atoms with E-state index in [9.17, 15) is 18.0 Å². The van der Waals surface area contributed by atoms with E-state index < -0.39 is 12.1 Å². The van der Waals surface area contributed by atoms with Gasteiger partial charge in [-0.2, -0.15) is 13.2 Å². The fourth-order valence-electron chi connectivity index (χ4n) is 4.31. The summed E-state index contributed by atoms with van der Waals surface area (Å²) in [5.74, 6) is -1.47. The summed E-state index contributed by atoms with van der Waals surface area (Å²) in [4.78, 5) is 36.2. The summed E-state index contributed by atoms with van der Waals surface area (Å²) in [5.41, 5.74) is -0.141. The van der Waals surface area contributed by atoms with Crippen molar-refractivity contribution >= 4 is 39.2 Å². The molecular weight excluding hydrogens is 463 g/mol. The summed E-state index contributed by atoms with van der Waals surface area (Å²) in [6.07, 6.45) is -1.48. The normalized spacial score (nSPS) is 22.5. The molecule has 0 aromatic carbocycles. The number of rotatable bonds is 2. The second-order valence-corrected chi connectivity index (χ2v) is 9.21. The number of alkyl halides is 3. The number of carboxylic acid groups (broad SMARTS) is 1. The molecule has 1 unspecified atom stereocenters. The number of carbonyl (C=O) groups is 2. The lowest BCUT2D eigenvalue weighted by Crippen LogP contribution is -2.69. The van der Waals surface area contributed by atoms with Crippen molar-refractivity contribution in [3.63, 3.8) is 0 Å². The zero-order valence-electron chi connectivity index (χ0n) is 17.7. The highest BCUT2D eigenvalue weighted by molar-refractivity contribution is 7.16. The average Bonchev–Trinajstić information content (AvgIpc) is 3.26. The number of fused-ring (bicyclic) bond motifs is 1. The molecule has 1 spiro atoms. The number of morpholine rings is 1. The van der Waals surface area contributed by atoms with Crippen LogP contribution in [0.1, 0.15) is 12.8 Å². The van der Waals surface area contributed by atoms with Crippen LogP contribution in [0, 0.1) is 5.92 Å². The van der Waals surface area contributed by atoms with Crippen molar-refractivity contribution in [3.05, 3.63) is 17.8 Å². The van der Waals surface area contributed by atoms with Crippen molar-refractivity contribution in [1.82, 2.24) is 20.2 Å². The number of amides is 1. The maximum atomic E-state index is 13.2. The molecule has 3 saturated heterocycles. The summed E-state index contributed by atoms with van der Waals surface area (Å²) >= 11 is 1.63. The number of hydrogen-bond acceptors (Lipinski definition) is 8. The number of nitrogens with zero attached hydrogens (tertiary/aromatic N) is 4. The smallest absolute Gasteiger partial charge is 0.475 e. The van der Waals surface area contributed by atoms with Crippen molar-refractivity contribution in [2.24, 2.45) is 5.92 Å². The van der Waals surface area contributed by atoms with Crippen LogP contribution in [0.25, 0.3) is 10.2 Å². The molecule has 2 aromatic rings. The third-order valence-corrected chi connectivity index (χ3v) is 6.83. The minimum atomic E-state index is -5.08. The highest BCUT2D eigenvalue weighted by atomic mass is 32.1. The van der Waals surface area contributed by atoms with Gasteiger partial charge in [0.2, 0.25) is 5.91 Å². The summed E-state index contributed by atoms with van der Waals surface area (Å²) < 4.78 is 37.7. The summed E-state index contributed by atoms with van der Waals surface area (Å²) in [6.45, 7) is 5.46. The van der Waals surface area contributed by atoms with Crippen LogP contribution >= 0.6 is 11.3 Å². The first-order valence-corrected chi connectivity index (χ1v) is 11.4. The van der Waals surface area contributed by atoms with E-state index in [4.69, 9.17) is 14.6 Å². The van der Waals surface area contributed by atoms with Crippen molar-refractivity contribution in [2.45, 2.75) is 24.6 Å². The zero-order chi connectivity index (χ0) is 23.6. The van der Waals surface area contributed by atoms with Crippen molar-refractivity contribution in [2.75, 3.05) is 50.8 Å². The molecule has 0 bridgehead atoms. The van der Waals surface area contributed by atoms with Crippen molar-refractivity contribution in [1.29, 1.82) is 0 Å². The van der Waals surface area contributed by atoms with Gasteiger partial charge < -0.3 is 25.0 Å². The van der Waals surface area contributed by atoms with E-state index >= 15 is 0 Å². The lowest BCUT2D eigenvalue weighted by Gasteiger charge is -2.49. The topological polar surface area (TPSA) is 108 Å². The fraction of sp³-hybridized carbons (Fsp3) is 0.600. The van der Waals surface area contributed by atoms with Crippen LogP contribution in [0.2, 0.25) is 0 Å². The number of carboxylic acids is 1. The second-order valence-electron chi connectivity index (χ2n) is 8.32. The lowest BCUT2D eigenvalue weighted by atomic mass is 9.92. The van der Waals surface area contributed by atoms with Gasteiger partial charge in [-0.05, 0) is 24.3 Å². The first kappa shape index (κ1) is 23.6. The Bertz CT molecular complexity index is 1010. The average molecular weight is 488 g/mol. The number of ether oxygens (including phenoxy) is 1. The van der Waals surface area contributed by atoms with Gasteiger partial charge in [-0.1, -0.05) is 0 Å². The van der Waals surface area contributed by atoms with E-state index in [1.165, 1.54) is 0 Å². The summed E-state index contributed by atoms with van der Waals surface area (Å²) in [7, 11) is 0. The molecule has 1 amide bonds. The molecule has 0 aliphatic carbocycles. The van der Waals surface area contributed by atoms with E-state index in [0.717, 1.165) is 61.6 Å². The number of anilines is 1. The van der Waals surface area contributed by atoms with Crippen LogP contribution in [0.15, 0.2) is 17.8 Å². The molecule has 1 atom stereocenters. The SMILES string of the molecule is O=C(C1CCCN(c2ncnc3sccc23)C1)N1CCOC2(CNC2)C1.O=C(O)C(F)(F)F. The lowest BCUT2D eigenvalue weighted by molar-refractivity contribution is -0.192. The summed E-state index contributed by atoms with van der Waals surface area (Å²) in [5, 5.41) is 13.5. The molecule has 0 radical (unpaired) electrons. The molecule has 180 valence electrons. The van der Waals surface area contributed by atoms with Crippen molar-refractivity contribution < 1.29 is 32.6 Å². The van der Waals surface area contributed by atoms with Gasteiger partial charge in [-0.3, -0.25) is 4.79 Å². The van der Waals surface area contributed by atoms with Crippen molar-refractivity contribution in [3.8, 4) is 0 Å². The Morgan fingerprint density at radius 1 is 1.27 bits per heavy atom. The first-order valence-electron chi connectivity index (χ1n) is 10.6. The number of aromatic nitrogens is 2. The van der Waals surface area contributed by atoms with E-state index in [1.54, 1.807) is 17.7 Å². The van der Waals surface area contributed by atoms with Gasteiger partial charge >= 0.3 is 12.1 Å². The Labute approximate surface area is 191 Å². The molecular formula is C20H24F3N5O4S. The zero-order valence-corrected chi connectivity index (χ0v) is 18.5. The van der Waals surface area contributed by atoms with Gasteiger partial charge in [-0.25, -0.2) is 14.8 Å². The quantitative estimate of drug-likeness (QED) is 0.660. The number of halogens is 3. The molecule has 13 heteroatoms. The predicted molar refractivity (Wildman–Crippen MR) is 114 cm³/mol. The molecule has 2 N–H and O–H groups in total. The molecule has 9 nitrogen and oxygen atoms in total. The Kier molecular flexibility index (Phi) is 6.73. The number of carbonyl (C=O) groups excluding carboxylic acids is 1. The van der Waals surface area contributed by atoms with Crippen LogP contribution in [-0.2, 0) is 14.3 Å². The predicted octanol–water partition coefficient (Wildman–Crippen LogP) is 1.74. The molecule has 3 aliphatic rings. The molecule has 3 aliphatic heterocycles. The number of hydrogen-bond donors (Lipinski definition) is 2. The Morgan fingerprint density at radius 3 is 2.70 bits per heavy atom. The Hall–Kier alpha value is -2.51.